The smallest absolute Gasteiger partial charge is 0.0726 e. The molecule has 2 heteroatoms. The third-order valence-corrected chi connectivity index (χ3v) is 5.92. The van der Waals surface area contributed by atoms with Gasteiger partial charge in [-0.25, -0.2) is 0 Å². The summed E-state index contributed by atoms with van der Waals surface area (Å²) >= 11 is 0. The average Bonchev–Trinajstić information content (AvgIpc) is 3.15. The summed E-state index contributed by atoms with van der Waals surface area (Å²) in [5, 5.41) is 0. The summed E-state index contributed by atoms with van der Waals surface area (Å²) in [6.07, 6.45) is 3.88. The molecule has 0 saturated heterocycles. The van der Waals surface area contributed by atoms with Crippen LogP contribution in [0.1, 0.15) is 22.3 Å². The minimum atomic E-state index is -0.283. The minimum Gasteiger partial charge on any atom is -0.399 e. The average molecular weight is 332 g/mol. The van der Waals surface area contributed by atoms with Gasteiger partial charge in [0, 0.05) is 23.6 Å². The Bertz CT molecular complexity index is 1160. The summed E-state index contributed by atoms with van der Waals surface area (Å²) < 4.78 is 0. The number of nitrogens with zero attached hydrogens (tertiary/aromatic N) is 1. The van der Waals surface area contributed by atoms with Gasteiger partial charge in [-0.15, -0.1) is 0 Å². The van der Waals surface area contributed by atoms with Gasteiger partial charge in [-0.2, -0.15) is 0 Å². The Morgan fingerprint density at radius 3 is 1.96 bits per heavy atom. The number of benzene rings is 3. The zero-order valence-corrected chi connectivity index (χ0v) is 14.1. The lowest BCUT2D eigenvalue weighted by molar-refractivity contribution is 0.792. The molecular formula is C24H16N2. The van der Waals surface area contributed by atoms with Crippen LogP contribution in [0.25, 0.3) is 22.3 Å². The molecule has 0 bridgehead atoms. The standard InChI is InChI=1S/C24H16N2/c25-15-9-10-22-18(13-15)19-14-26-12-11-23(19)24(22)20-7-3-1-5-16(20)17-6-2-4-8-21(17)24/h1-14H,25H2. The number of nitrogen functional groups attached to an aromatic ring is 1. The largest absolute Gasteiger partial charge is 0.399 e. The van der Waals surface area contributed by atoms with Crippen LogP contribution in [0.4, 0.5) is 5.69 Å². The van der Waals surface area contributed by atoms with E-state index >= 15 is 0 Å². The molecule has 0 amide bonds. The fraction of sp³-hybridized carbons (Fsp3) is 0.0417. The molecule has 4 aromatic rings. The van der Waals surface area contributed by atoms with Crippen LogP contribution >= 0.6 is 0 Å². The maximum Gasteiger partial charge on any atom is 0.0726 e. The summed E-state index contributed by atoms with van der Waals surface area (Å²) in [5.74, 6) is 0. The molecule has 2 N–H and O–H groups in total. The molecule has 0 fully saturated rings. The number of rotatable bonds is 0. The number of aromatic nitrogens is 1. The Morgan fingerprint density at radius 2 is 1.23 bits per heavy atom. The molecule has 26 heavy (non-hydrogen) atoms. The first kappa shape index (κ1) is 13.9. The van der Waals surface area contributed by atoms with E-state index in [-0.39, 0.29) is 5.41 Å². The molecule has 1 heterocycles. The second kappa shape index (κ2) is 4.61. The molecule has 6 rings (SSSR count). The van der Waals surface area contributed by atoms with E-state index in [1.165, 1.54) is 44.5 Å². The summed E-state index contributed by atoms with van der Waals surface area (Å²) in [6.45, 7) is 0. The van der Waals surface area contributed by atoms with Crippen LogP contribution in [0.5, 0.6) is 0 Å². The van der Waals surface area contributed by atoms with E-state index in [9.17, 15) is 0 Å². The number of hydrogen-bond acceptors (Lipinski definition) is 2. The Hall–Kier alpha value is -3.39. The first-order valence-corrected chi connectivity index (χ1v) is 8.86. The van der Waals surface area contributed by atoms with Gasteiger partial charge < -0.3 is 5.73 Å². The van der Waals surface area contributed by atoms with Crippen LogP contribution < -0.4 is 5.73 Å². The Kier molecular flexibility index (Phi) is 2.46. The fourth-order valence-electron chi connectivity index (χ4n) is 5.01. The molecule has 0 radical (unpaired) electrons. The predicted octanol–water partition coefficient (Wildman–Crippen LogP) is 5.01. The van der Waals surface area contributed by atoms with Crippen LogP contribution in [0, 0.1) is 0 Å². The molecule has 0 aliphatic heterocycles. The highest BCUT2D eigenvalue weighted by Crippen LogP contribution is 2.62. The zero-order valence-electron chi connectivity index (χ0n) is 14.1. The molecule has 3 aromatic carbocycles. The molecular weight excluding hydrogens is 316 g/mol. The van der Waals surface area contributed by atoms with Gasteiger partial charge >= 0.3 is 0 Å². The highest BCUT2D eigenvalue weighted by atomic mass is 14.6. The third-order valence-electron chi connectivity index (χ3n) is 5.92. The van der Waals surface area contributed by atoms with Gasteiger partial charge in [-0.1, -0.05) is 54.6 Å². The van der Waals surface area contributed by atoms with Crippen molar-refractivity contribution in [1.29, 1.82) is 0 Å². The summed E-state index contributed by atoms with van der Waals surface area (Å²) in [5.41, 5.74) is 16.9. The topological polar surface area (TPSA) is 38.9 Å². The lowest BCUT2D eigenvalue weighted by atomic mass is 9.71. The van der Waals surface area contributed by atoms with E-state index in [0.717, 1.165) is 5.69 Å². The van der Waals surface area contributed by atoms with Crippen molar-refractivity contribution in [1.82, 2.24) is 4.98 Å². The van der Waals surface area contributed by atoms with Gasteiger partial charge in [0.1, 0.15) is 0 Å². The number of fused-ring (bicyclic) bond motifs is 10. The molecule has 2 nitrogen and oxygen atoms in total. The van der Waals surface area contributed by atoms with Crippen molar-refractivity contribution < 1.29 is 0 Å². The van der Waals surface area contributed by atoms with E-state index < -0.39 is 0 Å². The Morgan fingerprint density at radius 1 is 0.615 bits per heavy atom. The van der Waals surface area contributed by atoms with Gasteiger partial charge in [-0.3, -0.25) is 4.98 Å². The van der Waals surface area contributed by atoms with Crippen molar-refractivity contribution in [2.75, 3.05) is 5.73 Å². The lowest BCUT2D eigenvalue weighted by Gasteiger charge is -2.30. The monoisotopic (exact) mass is 332 g/mol. The van der Waals surface area contributed by atoms with Gasteiger partial charge in [-0.05, 0) is 57.1 Å². The zero-order chi connectivity index (χ0) is 17.3. The molecule has 2 aliphatic carbocycles. The number of anilines is 1. The van der Waals surface area contributed by atoms with E-state index in [0.29, 0.717) is 0 Å². The van der Waals surface area contributed by atoms with Crippen LogP contribution in [0.3, 0.4) is 0 Å². The molecule has 122 valence electrons. The van der Waals surface area contributed by atoms with E-state index in [1.54, 1.807) is 0 Å². The normalized spacial score (nSPS) is 14.6. The number of hydrogen-bond donors (Lipinski definition) is 1. The van der Waals surface area contributed by atoms with E-state index in [2.05, 4.69) is 71.7 Å². The summed E-state index contributed by atoms with van der Waals surface area (Å²) in [4.78, 5) is 4.41. The van der Waals surface area contributed by atoms with Crippen molar-refractivity contribution in [3.8, 4) is 22.3 Å². The van der Waals surface area contributed by atoms with Crippen LogP contribution in [0.15, 0.2) is 85.2 Å². The second-order valence-corrected chi connectivity index (χ2v) is 7.07. The van der Waals surface area contributed by atoms with Crippen molar-refractivity contribution >= 4 is 5.69 Å². The van der Waals surface area contributed by atoms with Crippen LogP contribution in [-0.4, -0.2) is 4.98 Å². The minimum absolute atomic E-state index is 0.283. The Labute approximate surface area is 152 Å². The van der Waals surface area contributed by atoms with Gasteiger partial charge in [0.25, 0.3) is 0 Å². The van der Waals surface area contributed by atoms with Crippen LogP contribution in [-0.2, 0) is 5.41 Å². The van der Waals surface area contributed by atoms with Crippen molar-refractivity contribution in [3.05, 3.63) is 107 Å². The Balaban J connectivity index is 1.87. The van der Waals surface area contributed by atoms with E-state index in [1.807, 2.05) is 18.5 Å². The van der Waals surface area contributed by atoms with Crippen molar-refractivity contribution in [3.63, 3.8) is 0 Å². The highest BCUT2D eigenvalue weighted by Gasteiger charge is 2.51. The summed E-state index contributed by atoms with van der Waals surface area (Å²) in [6, 6.07) is 26.0. The second-order valence-electron chi connectivity index (χ2n) is 7.07. The molecule has 0 unspecified atom stereocenters. The molecule has 0 saturated carbocycles. The van der Waals surface area contributed by atoms with Crippen molar-refractivity contribution in [2.45, 2.75) is 5.41 Å². The highest BCUT2D eigenvalue weighted by molar-refractivity contribution is 5.95. The molecule has 0 atom stereocenters. The summed E-state index contributed by atoms with van der Waals surface area (Å²) in [7, 11) is 0. The fourth-order valence-corrected chi connectivity index (χ4v) is 5.01. The maximum absolute atomic E-state index is 6.14. The van der Waals surface area contributed by atoms with E-state index in [4.69, 9.17) is 5.73 Å². The number of nitrogens with two attached hydrogens (primary N) is 1. The third kappa shape index (κ3) is 1.42. The number of pyridine rings is 1. The van der Waals surface area contributed by atoms with Crippen LogP contribution in [0.2, 0.25) is 0 Å². The van der Waals surface area contributed by atoms with Gasteiger partial charge in [0.2, 0.25) is 0 Å². The quantitative estimate of drug-likeness (QED) is 0.397. The van der Waals surface area contributed by atoms with Crippen molar-refractivity contribution in [2.24, 2.45) is 0 Å². The first-order valence-electron chi connectivity index (χ1n) is 8.86. The van der Waals surface area contributed by atoms with Gasteiger partial charge in [0.05, 0.1) is 5.41 Å². The molecule has 2 aliphatic rings. The maximum atomic E-state index is 6.14. The molecule has 1 aromatic heterocycles. The lowest BCUT2D eigenvalue weighted by Crippen LogP contribution is -2.25. The van der Waals surface area contributed by atoms with Gasteiger partial charge in [0.15, 0.2) is 0 Å². The predicted molar refractivity (Wildman–Crippen MR) is 105 cm³/mol. The first-order chi connectivity index (χ1) is 12.8. The SMILES string of the molecule is Nc1ccc2c(c1)-c1cnccc1C21c2ccccc2-c2ccccc21. The molecule has 1 spiro atoms.